The quantitative estimate of drug-likeness (QED) is 0.821. The normalized spacial score (nSPS) is 18.0. The molecule has 146 valence electrons. The number of amides is 1. The van der Waals surface area contributed by atoms with Gasteiger partial charge in [0.1, 0.15) is 5.82 Å². The number of rotatable bonds is 6. The molecule has 1 aliphatic heterocycles. The van der Waals surface area contributed by atoms with Crippen LogP contribution in [0.3, 0.4) is 0 Å². The van der Waals surface area contributed by atoms with Gasteiger partial charge in [0.2, 0.25) is 15.9 Å². The number of hydrogen-bond donors (Lipinski definition) is 1. The zero-order valence-corrected chi connectivity index (χ0v) is 16.6. The summed E-state index contributed by atoms with van der Waals surface area (Å²) in [6.45, 7) is 0.632. The first-order valence-electron chi connectivity index (χ1n) is 9.18. The summed E-state index contributed by atoms with van der Waals surface area (Å²) in [5, 5.41) is 0. The van der Waals surface area contributed by atoms with Gasteiger partial charge < -0.3 is 9.88 Å². The molecule has 1 atom stereocenters. The Morgan fingerprint density at radius 2 is 2.00 bits per heavy atom. The van der Waals surface area contributed by atoms with Crippen LogP contribution in [0.4, 0.5) is 0 Å². The van der Waals surface area contributed by atoms with Crippen LogP contribution in [0.25, 0.3) is 11.3 Å². The van der Waals surface area contributed by atoms with Crippen molar-refractivity contribution in [3.8, 4) is 11.3 Å². The molecule has 1 aromatic carbocycles. The molecular weight excluding hydrogens is 364 g/mol. The maximum Gasteiger partial charge on any atom is 0.224 e. The zero-order chi connectivity index (χ0) is 19.4. The van der Waals surface area contributed by atoms with E-state index in [1.165, 1.54) is 14.1 Å². The molecule has 3 rings (SSSR count). The first kappa shape index (κ1) is 19.6. The summed E-state index contributed by atoms with van der Waals surface area (Å²) >= 11 is 0. The van der Waals surface area contributed by atoms with Crippen molar-refractivity contribution in [3.05, 3.63) is 42.4 Å². The summed E-state index contributed by atoms with van der Waals surface area (Å²) in [6.07, 6.45) is 4.55. The van der Waals surface area contributed by atoms with Crippen molar-refractivity contribution in [2.45, 2.75) is 31.7 Å². The third-order valence-corrected chi connectivity index (χ3v) is 6.78. The highest BCUT2D eigenvalue weighted by Gasteiger charge is 2.30. The van der Waals surface area contributed by atoms with Crippen molar-refractivity contribution in [2.75, 3.05) is 26.4 Å². The van der Waals surface area contributed by atoms with Gasteiger partial charge in [0.25, 0.3) is 0 Å². The lowest BCUT2D eigenvalue weighted by Crippen LogP contribution is -2.40. The van der Waals surface area contributed by atoms with E-state index in [1.807, 2.05) is 30.3 Å². The summed E-state index contributed by atoms with van der Waals surface area (Å²) in [5.74, 6) is 0.454. The summed E-state index contributed by atoms with van der Waals surface area (Å²) < 4.78 is 25.1. The fourth-order valence-corrected chi connectivity index (χ4v) is 4.12. The van der Waals surface area contributed by atoms with Crippen molar-refractivity contribution in [2.24, 2.45) is 0 Å². The number of hydrogen-bond acceptors (Lipinski definition) is 4. The Balaban J connectivity index is 1.74. The Morgan fingerprint density at radius 1 is 1.26 bits per heavy atom. The van der Waals surface area contributed by atoms with E-state index in [1.54, 1.807) is 11.1 Å². The molecule has 0 radical (unpaired) electrons. The highest BCUT2D eigenvalue weighted by atomic mass is 32.2. The maximum absolute atomic E-state index is 12.7. The third kappa shape index (κ3) is 4.56. The van der Waals surface area contributed by atoms with Gasteiger partial charge in [0.05, 0.1) is 23.7 Å². The van der Waals surface area contributed by atoms with Gasteiger partial charge in [-0.25, -0.2) is 17.7 Å². The average Bonchev–Trinajstić information content (AvgIpc) is 3.17. The molecule has 1 fully saturated rings. The number of benzene rings is 1. The number of nitrogens with zero attached hydrogens (tertiary/aromatic N) is 3. The van der Waals surface area contributed by atoms with Crippen molar-refractivity contribution in [1.29, 1.82) is 0 Å². The molecule has 1 N–H and O–H groups in total. The van der Waals surface area contributed by atoms with Gasteiger partial charge in [0.15, 0.2) is 0 Å². The van der Waals surface area contributed by atoms with E-state index >= 15 is 0 Å². The highest BCUT2D eigenvalue weighted by Crippen LogP contribution is 2.31. The second-order valence-electron chi connectivity index (χ2n) is 7.00. The van der Waals surface area contributed by atoms with Gasteiger partial charge in [-0.05, 0) is 24.8 Å². The van der Waals surface area contributed by atoms with Crippen LogP contribution >= 0.6 is 0 Å². The number of sulfonamides is 1. The van der Waals surface area contributed by atoms with Crippen LogP contribution in [-0.2, 0) is 14.8 Å². The van der Waals surface area contributed by atoms with E-state index in [2.05, 4.69) is 9.97 Å². The number of imidazole rings is 1. The lowest BCUT2D eigenvalue weighted by atomic mass is 10.0. The van der Waals surface area contributed by atoms with Crippen LogP contribution in [-0.4, -0.2) is 59.9 Å². The number of H-pyrrole nitrogens is 1. The predicted molar refractivity (Wildman–Crippen MR) is 104 cm³/mol. The van der Waals surface area contributed by atoms with E-state index in [9.17, 15) is 13.2 Å². The molecule has 0 aliphatic carbocycles. The molecule has 0 spiro atoms. The second kappa shape index (κ2) is 8.22. The molecule has 1 aromatic heterocycles. The molecule has 0 saturated carbocycles. The summed E-state index contributed by atoms with van der Waals surface area (Å²) in [6, 6.07) is 9.78. The molecular formula is C19H26N4O3S. The number of aromatic amines is 1. The number of carbonyl (C=O) groups excluding carboxylic acids is 1. The van der Waals surface area contributed by atoms with Gasteiger partial charge in [-0.15, -0.1) is 0 Å². The van der Waals surface area contributed by atoms with Gasteiger partial charge in [-0.1, -0.05) is 30.3 Å². The van der Waals surface area contributed by atoms with Crippen molar-refractivity contribution in [3.63, 3.8) is 0 Å². The molecule has 2 aromatic rings. The van der Waals surface area contributed by atoms with Crippen LogP contribution in [0.5, 0.6) is 0 Å². The second-order valence-corrected chi connectivity index (χ2v) is 9.30. The lowest BCUT2D eigenvalue weighted by molar-refractivity contribution is -0.134. The monoisotopic (exact) mass is 390 g/mol. The Labute approximate surface area is 160 Å². The molecule has 1 aliphatic rings. The topological polar surface area (TPSA) is 86.4 Å². The highest BCUT2D eigenvalue weighted by molar-refractivity contribution is 7.89. The van der Waals surface area contributed by atoms with Crippen LogP contribution in [0, 0.1) is 0 Å². The molecule has 2 heterocycles. The number of aromatic nitrogens is 2. The summed E-state index contributed by atoms with van der Waals surface area (Å²) in [7, 11) is -0.416. The Hall–Kier alpha value is -2.19. The first-order valence-corrected chi connectivity index (χ1v) is 10.8. The van der Waals surface area contributed by atoms with E-state index < -0.39 is 10.0 Å². The maximum atomic E-state index is 12.7. The molecule has 7 nitrogen and oxygen atoms in total. The smallest absolute Gasteiger partial charge is 0.224 e. The van der Waals surface area contributed by atoms with Crippen molar-refractivity contribution in [1.82, 2.24) is 19.2 Å². The van der Waals surface area contributed by atoms with Gasteiger partial charge in [-0.3, -0.25) is 4.79 Å². The molecule has 0 bridgehead atoms. The largest absolute Gasteiger partial charge is 0.340 e. The van der Waals surface area contributed by atoms with Crippen molar-refractivity contribution < 1.29 is 13.2 Å². The summed E-state index contributed by atoms with van der Waals surface area (Å²) in [5.41, 5.74) is 1.96. The first-order chi connectivity index (χ1) is 12.9. The third-order valence-electron chi connectivity index (χ3n) is 4.95. The fourth-order valence-electron chi connectivity index (χ4n) is 3.33. The number of likely N-dealkylation sites (tertiary alicyclic amines) is 1. The van der Waals surface area contributed by atoms with E-state index in [0.29, 0.717) is 6.54 Å². The van der Waals surface area contributed by atoms with Crippen LogP contribution in [0.2, 0.25) is 0 Å². The minimum absolute atomic E-state index is 0.0107. The molecule has 1 amide bonds. The van der Waals surface area contributed by atoms with Gasteiger partial charge in [-0.2, -0.15) is 0 Å². The number of nitrogens with one attached hydrogen (secondary N) is 1. The Bertz CT molecular complexity index is 877. The molecule has 8 heteroatoms. The van der Waals surface area contributed by atoms with Gasteiger partial charge in [0, 0.05) is 27.1 Å². The molecule has 1 saturated heterocycles. The van der Waals surface area contributed by atoms with Crippen LogP contribution in [0.15, 0.2) is 36.5 Å². The average molecular weight is 391 g/mol. The minimum atomic E-state index is -3.38. The van der Waals surface area contributed by atoms with Crippen molar-refractivity contribution >= 4 is 15.9 Å². The lowest BCUT2D eigenvalue weighted by Gasteiger charge is -2.34. The number of carbonyl (C=O) groups is 1. The predicted octanol–water partition coefficient (Wildman–Crippen LogP) is 2.41. The Morgan fingerprint density at radius 3 is 2.70 bits per heavy atom. The number of piperidine rings is 1. The zero-order valence-electron chi connectivity index (χ0n) is 15.8. The Kier molecular flexibility index (Phi) is 5.96. The van der Waals surface area contributed by atoms with Crippen LogP contribution in [0.1, 0.15) is 37.5 Å². The molecule has 0 unspecified atom stereocenters. The van der Waals surface area contributed by atoms with E-state index in [4.69, 9.17) is 0 Å². The standard InChI is InChI=1S/C19H26N4O3S/c1-22(2)27(25,26)13-11-18(24)23-12-7-6-10-17(23)19-20-14-16(21-19)15-8-4-3-5-9-15/h3-5,8-9,14,17H,6-7,10-13H2,1-2H3,(H,20,21)/t17-/m0/s1. The summed E-state index contributed by atoms with van der Waals surface area (Å²) in [4.78, 5) is 22.4. The van der Waals surface area contributed by atoms with E-state index in [0.717, 1.165) is 40.6 Å². The SMILES string of the molecule is CN(C)S(=O)(=O)CCC(=O)N1CCCC[C@H]1c1ncc(-c2ccccc2)[nH]1. The van der Waals surface area contributed by atoms with Crippen LogP contribution < -0.4 is 0 Å². The van der Waals surface area contributed by atoms with E-state index in [-0.39, 0.29) is 24.1 Å². The fraction of sp³-hybridized carbons (Fsp3) is 0.474. The van der Waals surface area contributed by atoms with Gasteiger partial charge >= 0.3 is 0 Å². The minimum Gasteiger partial charge on any atom is -0.340 e. The molecule has 27 heavy (non-hydrogen) atoms.